The molecule has 4 N–H and O–H groups in total. The zero-order chi connectivity index (χ0) is 11.8. The Morgan fingerprint density at radius 2 is 2.06 bits per heavy atom. The molecule has 0 saturated carbocycles. The molecule has 2 atom stereocenters. The van der Waals surface area contributed by atoms with Gasteiger partial charge in [-0.2, -0.15) is 0 Å². The van der Waals surface area contributed by atoms with Crippen LogP contribution in [0.15, 0.2) is 36.4 Å². The Labute approximate surface area is 99.8 Å². The smallest absolute Gasteiger partial charge is 0.129 e. The summed E-state index contributed by atoms with van der Waals surface area (Å²) in [5, 5.41) is 11.7. The van der Waals surface area contributed by atoms with Crippen molar-refractivity contribution in [1.82, 2.24) is 0 Å². The van der Waals surface area contributed by atoms with Gasteiger partial charge in [-0.3, -0.25) is 0 Å². The van der Waals surface area contributed by atoms with Crippen LogP contribution in [0.1, 0.15) is 11.6 Å². The van der Waals surface area contributed by atoms with E-state index in [1.807, 2.05) is 18.2 Å². The standard InChI is InChI=1S/C14H15NO2/c15-14-10(7-16)8-17-12-6-5-9-3-1-2-4-11(9)13(12)14/h1-6,10,14,16H,7-8,15H2/p+1/t10-,14-/m0/s1. The molecule has 3 rings (SSSR count). The molecule has 0 fully saturated rings. The molecular formula is C14H16NO2+. The molecule has 0 aromatic heterocycles. The number of aliphatic hydroxyl groups is 1. The quantitative estimate of drug-likeness (QED) is 0.771. The first-order valence-corrected chi connectivity index (χ1v) is 5.89. The van der Waals surface area contributed by atoms with E-state index in [1.165, 1.54) is 10.8 Å². The van der Waals surface area contributed by atoms with Crippen LogP contribution < -0.4 is 10.5 Å². The lowest BCUT2D eigenvalue weighted by Gasteiger charge is -2.28. The number of hydrogen-bond donors (Lipinski definition) is 2. The van der Waals surface area contributed by atoms with E-state index in [1.54, 1.807) is 0 Å². The fourth-order valence-corrected chi connectivity index (χ4v) is 2.51. The van der Waals surface area contributed by atoms with Crippen LogP contribution in [0.4, 0.5) is 0 Å². The van der Waals surface area contributed by atoms with Crippen molar-refractivity contribution < 1.29 is 15.6 Å². The molecule has 0 bridgehead atoms. The van der Waals surface area contributed by atoms with Crippen molar-refractivity contribution >= 4 is 10.8 Å². The summed E-state index contributed by atoms with van der Waals surface area (Å²) in [5.74, 6) is 1.00. The summed E-state index contributed by atoms with van der Waals surface area (Å²) >= 11 is 0. The van der Waals surface area contributed by atoms with Crippen LogP contribution in [0.3, 0.4) is 0 Å². The Balaban J connectivity index is 2.24. The number of fused-ring (bicyclic) bond motifs is 3. The van der Waals surface area contributed by atoms with E-state index in [-0.39, 0.29) is 18.6 Å². The van der Waals surface area contributed by atoms with Gasteiger partial charge in [0.05, 0.1) is 24.7 Å². The molecule has 17 heavy (non-hydrogen) atoms. The maximum atomic E-state index is 9.34. The highest BCUT2D eigenvalue weighted by molar-refractivity contribution is 5.88. The molecule has 0 spiro atoms. The highest BCUT2D eigenvalue weighted by atomic mass is 16.5. The van der Waals surface area contributed by atoms with E-state index in [0.29, 0.717) is 6.61 Å². The second kappa shape index (κ2) is 4.02. The number of aliphatic hydroxyl groups excluding tert-OH is 1. The first-order valence-electron chi connectivity index (χ1n) is 5.89. The van der Waals surface area contributed by atoms with E-state index in [0.717, 1.165) is 11.3 Å². The zero-order valence-corrected chi connectivity index (χ0v) is 9.60. The molecule has 0 radical (unpaired) electrons. The van der Waals surface area contributed by atoms with Crippen LogP contribution in [0, 0.1) is 5.92 Å². The number of benzene rings is 2. The van der Waals surface area contributed by atoms with Gasteiger partial charge < -0.3 is 15.6 Å². The van der Waals surface area contributed by atoms with Gasteiger partial charge >= 0.3 is 0 Å². The minimum absolute atomic E-state index is 0.0910. The molecule has 2 aromatic carbocycles. The van der Waals surface area contributed by atoms with Crippen molar-refractivity contribution in [1.29, 1.82) is 0 Å². The molecule has 0 aliphatic carbocycles. The molecule has 1 heterocycles. The highest BCUT2D eigenvalue weighted by Crippen LogP contribution is 2.37. The average Bonchev–Trinajstić information content (AvgIpc) is 2.38. The van der Waals surface area contributed by atoms with Crippen LogP contribution in [0.2, 0.25) is 0 Å². The number of ether oxygens (including phenoxy) is 1. The third-order valence-corrected chi connectivity index (χ3v) is 3.56. The lowest BCUT2D eigenvalue weighted by atomic mass is 9.88. The van der Waals surface area contributed by atoms with Crippen LogP contribution in [0.5, 0.6) is 5.75 Å². The van der Waals surface area contributed by atoms with E-state index in [4.69, 9.17) is 4.74 Å². The van der Waals surface area contributed by atoms with Gasteiger partial charge in [0.1, 0.15) is 11.8 Å². The van der Waals surface area contributed by atoms with Gasteiger partial charge in [-0.25, -0.2) is 0 Å². The van der Waals surface area contributed by atoms with E-state index in [9.17, 15) is 5.11 Å². The maximum absolute atomic E-state index is 9.34. The Morgan fingerprint density at radius 3 is 2.88 bits per heavy atom. The largest absolute Gasteiger partial charge is 0.492 e. The molecule has 0 saturated heterocycles. The third-order valence-electron chi connectivity index (χ3n) is 3.56. The molecular weight excluding hydrogens is 214 g/mol. The summed E-state index contributed by atoms with van der Waals surface area (Å²) in [5.41, 5.74) is 5.33. The molecule has 3 heteroatoms. The van der Waals surface area contributed by atoms with E-state index in [2.05, 4.69) is 23.9 Å². The van der Waals surface area contributed by atoms with Crippen LogP contribution >= 0.6 is 0 Å². The Hall–Kier alpha value is -1.58. The fourth-order valence-electron chi connectivity index (χ4n) is 2.51. The molecule has 0 unspecified atom stereocenters. The van der Waals surface area contributed by atoms with Crippen molar-refractivity contribution in [3.8, 4) is 5.75 Å². The minimum Gasteiger partial charge on any atom is -0.492 e. The van der Waals surface area contributed by atoms with Crippen molar-refractivity contribution in [3.05, 3.63) is 42.0 Å². The predicted molar refractivity (Wildman–Crippen MR) is 65.6 cm³/mol. The summed E-state index contributed by atoms with van der Waals surface area (Å²) in [6, 6.07) is 12.4. The summed E-state index contributed by atoms with van der Waals surface area (Å²) < 4.78 is 5.71. The zero-order valence-electron chi connectivity index (χ0n) is 9.60. The highest BCUT2D eigenvalue weighted by Gasteiger charge is 2.32. The van der Waals surface area contributed by atoms with Crippen LogP contribution in [0.25, 0.3) is 10.8 Å². The molecule has 1 aliphatic rings. The molecule has 2 aromatic rings. The monoisotopic (exact) mass is 230 g/mol. The minimum atomic E-state index is 0.0910. The predicted octanol–water partition coefficient (Wildman–Crippen LogP) is 1.12. The summed E-state index contributed by atoms with van der Waals surface area (Å²) in [7, 11) is 0. The van der Waals surface area contributed by atoms with Gasteiger partial charge in [-0.05, 0) is 16.8 Å². The SMILES string of the molecule is [NH3+][C@@H]1c2c(ccc3ccccc23)OC[C@@H]1CO. The lowest BCUT2D eigenvalue weighted by Crippen LogP contribution is -2.60. The van der Waals surface area contributed by atoms with Gasteiger partial charge in [0.15, 0.2) is 0 Å². The second-order valence-corrected chi connectivity index (χ2v) is 4.56. The van der Waals surface area contributed by atoms with Crippen molar-refractivity contribution in [2.75, 3.05) is 13.2 Å². The summed E-state index contributed by atoms with van der Waals surface area (Å²) in [4.78, 5) is 0. The first kappa shape index (κ1) is 10.6. The molecule has 1 aliphatic heterocycles. The Kier molecular flexibility index (Phi) is 2.50. The van der Waals surface area contributed by atoms with Crippen molar-refractivity contribution in [3.63, 3.8) is 0 Å². The third kappa shape index (κ3) is 1.59. The molecule has 88 valence electrons. The number of hydrogen-bond acceptors (Lipinski definition) is 2. The Morgan fingerprint density at radius 1 is 1.24 bits per heavy atom. The average molecular weight is 230 g/mol. The summed E-state index contributed by atoms with van der Waals surface area (Å²) in [6.45, 7) is 0.673. The van der Waals surface area contributed by atoms with Crippen LogP contribution in [-0.4, -0.2) is 18.3 Å². The van der Waals surface area contributed by atoms with Gasteiger partial charge in [-0.15, -0.1) is 0 Å². The Bertz CT molecular complexity index is 553. The van der Waals surface area contributed by atoms with Gasteiger partial charge in [0, 0.05) is 0 Å². The van der Waals surface area contributed by atoms with Crippen molar-refractivity contribution in [2.24, 2.45) is 5.92 Å². The van der Waals surface area contributed by atoms with Gasteiger partial charge in [0.25, 0.3) is 0 Å². The van der Waals surface area contributed by atoms with E-state index >= 15 is 0 Å². The van der Waals surface area contributed by atoms with Crippen molar-refractivity contribution in [2.45, 2.75) is 6.04 Å². The maximum Gasteiger partial charge on any atom is 0.129 e. The fraction of sp³-hybridized carbons (Fsp3) is 0.286. The van der Waals surface area contributed by atoms with Crippen LogP contribution in [-0.2, 0) is 0 Å². The van der Waals surface area contributed by atoms with E-state index < -0.39 is 0 Å². The second-order valence-electron chi connectivity index (χ2n) is 4.56. The van der Waals surface area contributed by atoms with Gasteiger partial charge in [0.2, 0.25) is 0 Å². The van der Waals surface area contributed by atoms with Gasteiger partial charge in [-0.1, -0.05) is 30.3 Å². The number of quaternary nitrogens is 1. The topological polar surface area (TPSA) is 57.1 Å². The summed E-state index contributed by atoms with van der Waals surface area (Å²) in [6.07, 6.45) is 0. The first-order chi connectivity index (χ1) is 8.31. The molecule has 0 amide bonds. The molecule has 3 nitrogen and oxygen atoms in total. The normalized spacial score (nSPS) is 23.2. The number of rotatable bonds is 1. The lowest BCUT2D eigenvalue weighted by molar-refractivity contribution is -0.444.